The molecule has 0 saturated carbocycles. The van der Waals surface area contributed by atoms with Gasteiger partial charge in [0.05, 0.1) is 11.6 Å². The van der Waals surface area contributed by atoms with E-state index in [1.807, 2.05) is 0 Å². The number of ether oxygens (including phenoxy) is 2. The predicted octanol–water partition coefficient (Wildman–Crippen LogP) is -0.000000000000000500. The van der Waals surface area contributed by atoms with Crippen LogP contribution in [0.15, 0.2) is 24.3 Å². The van der Waals surface area contributed by atoms with E-state index in [0.29, 0.717) is 5.02 Å². The Morgan fingerprint density at radius 2 is 1.95 bits per heavy atom. The fraction of sp³-hybridized carbons (Fsp3) is 0.429. The van der Waals surface area contributed by atoms with E-state index in [4.69, 9.17) is 26.2 Å². The van der Waals surface area contributed by atoms with E-state index < -0.39 is 37.3 Å². The fourth-order valence-corrected chi connectivity index (χ4v) is 2.68. The number of hydrogen-bond acceptors (Lipinski definition) is 6. The maximum atomic E-state index is 9.93. The van der Waals surface area contributed by atoms with Crippen LogP contribution in [0, 0.1) is 0 Å². The topological polar surface area (TPSA) is 115 Å². The first kappa shape index (κ1) is 15.5. The van der Waals surface area contributed by atoms with Crippen LogP contribution in [0.25, 0.3) is 10.9 Å². The molecule has 0 spiro atoms. The van der Waals surface area contributed by atoms with Gasteiger partial charge in [0.15, 0.2) is 5.88 Å². The van der Waals surface area contributed by atoms with Gasteiger partial charge in [0.2, 0.25) is 6.29 Å². The maximum Gasteiger partial charge on any atom is 0.230 e. The first-order valence-electron chi connectivity index (χ1n) is 6.75. The Kier molecular flexibility index (Phi) is 4.26. The summed E-state index contributed by atoms with van der Waals surface area (Å²) < 4.78 is 10.8. The van der Waals surface area contributed by atoms with Crippen molar-refractivity contribution in [2.24, 2.45) is 0 Å². The number of rotatable bonds is 3. The quantitative estimate of drug-likeness (QED) is 0.541. The largest absolute Gasteiger partial charge is 0.447 e. The third kappa shape index (κ3) is 2.67. The summed E-state index contributed by atoms with van der Waals surface area (Å²) in [6.45, 7) is -0.511. The van der Waals surface area contributed by atoms with Crippen LogP contribution in [0.1, 0.15) is 0 Å². The molecular formula is C14H16ClNO6. The van der Waals surface area contributed by atoms with E-state index in [-0.39, 0.29) is 5.88 Å². The van der Waals surface area contributed by atoms with E-state index in [2.05, 4.69) is 4.98 Å². The second-order valence-corrected chi connectivity index (χ2v) is 5.56. The summed E-state index contributed by atoms with van der Waals surface area (Å²) in [7, 11) is 0. The Bertz CT molecular complexity index is 660. The summed E-state index contributed by atoms with van der Waals surface area (Å²) in [4.78, 5) is 2.96. The van der Waals surface area contributed by atoms with Gasteiger partial charge >= 0.3 is 0 Å². The fourth-order valence-electron chi connectivity index (χ4n) is 2.45. The lowest BCUT2D eigenvalue weighted by Gasteiger charge is -2.39. The van der Waals surface area contributed by atoms with Crippen molar-refractivity contribution in [1.29, 1.82) is 0 Å². The van der Waals surface area contributed by atoms with Crippen LogP contribution in [0.5, 0.6) is 5.88 Å². The Labute approximate surface area is 130 Å². The molecule has 120 valence electrons. The molecule has 2 heterocycles. The van der Waals surface area contributed by atoms with Crippen LogP contribution in [0.4, 0.5) is 0 Å². The molecule has 1 saturated heterocycles. The Morgan fingerprint density at radius 3 is 2.64 bits per heavy atom. The predicted molar refractivity (Wildman–Crippen MR) is 77.7 cm³/mol. The molecule has 7 nitrogen and oxygen atoms in total. The van der Waals surface area contributed by atoms with Gasteiger partial charge in [0.1, 0.15) is 24.4 Å². The van der Waals surface area contributed by atoms with E-state index >= 15 is 0 Å². The second-order valence-electron chi connectivity index (χ2n) is 5.15. The molecule has 5 N–H and O–H groups in total. The van der Waals surface area contributed by atoms with Crippen molar-refractivity contribution in [3.63, 3.8) is 0 Å². The normalized spacial score (nSPS) is 32.3. The minimum Gasteiger partial charge on any atom is -0.447 e. The lowest BCUT2D eigenvalue weighted by molar-refractivity contribution is -0.278. The van der Waals surface area contributed by atoms with Crippen molar-refractivity contribution >= 4 is 22.5 Å². The third-order valence-corrected chi connectivity index (χ3v) is 4.01. The number of aromatic nitrogens is 1. The number of nitrogens with one attached hydrogen (secondary N) is 1. The molecule has 3 rings (SSSR count). The smallest absolute Gasteiger partial charge is 0.230 e. The van der Waals surface area contributed by atoms with E-state index in [9.17, 15) is 15.3 Å². The third-order valence-electron chi connectivity index (χ3n) is 3.68. The van der Waals surface area contributed by atoms with Gasteiger partial charge in [0, 0.05) is 17.0 Å². The van der Waals surface area contributed by atoms with E-state index in [1.165, 1.54) is 0 Å². The molecule has 5 atom stereocenters. The molecule has 1 aliphatic rings. The van der Waals surface area contributed by atoms with Crippen LogP contribution in [0.3, 0.4) is 0 Å². The highest BCUT2D eigenvalue weighted by Crippen LogP contribution is 2.29. The number of aromatic amines is 1. The summed E-state index contributed by atoms with van der Waals surface area (Å²) in [6, 6.07) is 6.95. The highest BCUT2D eigenvalue weighted by Gasteiger charge is 2.44. The Balaban J connectivity index is 1.82. The number of hydrogen-bond donors (Lipinski definition) is 5. The molecule has 0 unspecified atom stereocenters. The van der Waals surface area contributed by atoms with Crippen molar-refractivity contribution < 1.29 is 29.9 Å². The standard InChI is InChI=1S/C14H16ClNO6/c15-7-2-1-3-8-6(7)4-10(16-8)22-14-13(20)12(19)11(18)9(5-17)21-14/h1-4,9,11-14,16-20H,5H2/t9-,11+,12+,13-,14+/m1/s1. The van der Waals surface area contributed by atoms with Crippen LogP contribution >= 0.6 is 11.6 Å². The zero-order valence-corrected chi connectivity index (χ0v) is 12.1. The SMILES string of the molecule is OC[C@H]1O[C@@H](Oc2cc3c(Cl)cccc3[nH]2)[C@H](O)[C@@H](O)[C@H]1O. The van der Waals surface area contributed by atoms with Gasteiger partial charge in [-0.1, -0.05) is 17.7 Å². The van der Waals surface area contributed by atoms with E-state index in [0.717, 1.165) is 10.9 Å². The maximum absolute atomic E-state index is 9.93. The van der Waals surface area contributed by atoms with Crippen molar-refractivity contribution in [3.05, 3.63) is 29.3 Å². The average molecular weight is 330 g/mol. The van der Waals surface area contributed by atoms with Gasteiger partial charge in [-0.25, -0.2) is 0 Å². The molecule has 2 aromatic rings. The highest BCUT2D eigenvalue weighted by molar-refractivity contribution is 6.35. The summed E-state index contributed by atoms with van der Waals surface area (Å²) in [5.41, 5.74) is 0.743. The number of benzene rings is 1. The minimum atomic E-state index is -1.48. The Morgan fingerprint density at radius 1 is 1.18 bits per heavy atom. The molecule has 22 heavy (non-hydrogen) atoms. The molecule has 0 radical (unpaired) electrons. The lowest BCUT2D eigenvalue weighted by Crippen LogP contribution is -2.60. The van der Waals surface area contributed by atoms with Crippen molar-refractivity contribution in [2.75, 3.05) is 6.61 Å². The molecular weight excluding hydrogens is 314 g/mol. The minimum absolute atomic E-state index is 0.285. The first-order valence-corrected chi connectivity index (χ1v) is 7.13. The van der Waals surface area contributed by atoms with Gasteiger partial charge in [0.25, 0.3) is 0 Å². The first-order chi connectivity index (χ1) is 10.5. The van der Waals surface area contributed by atoms with Gasteiger partial charge in [-0.15, -0.1) is 0 Å². The van der Waals surface area contributed by atoms with E-state index in [1.54, 1.807) is 24.3 Å². The molecule has 8 heteroatoms. The molecule has 1 fully saturated rings. The number of aliphatic hydroxyl groups excluding tert-OH is 4. The van der Waals surface area contributed by atoms with Gasteiger partial charge in [-0.2, -0.15) is 0 Å². The lowest BCUT2D eigenvalue weighted by atomic mass is 9.99. The second kappa shape index (κ2) is 6.04. The summed E-state index contributed by atoms with van der Waals surface area (Å²) >= 11 is 6.07. The van der Waals surface area contributed by atoms with Gasteiger partial charge in [-0.05, 0) is 12.1 Å². The van der Waals surface area contributed by atoms with Gasteiger partial charge in [-0.3, -0.25) is 0 Å². The molecule has 1 aromatic carbocycles. The van der Waals surface area contributed by atoms with Crippen molar-refractivity contribution in [1.82, 2.24) is 4.98 Å². The van der Waals surface area contributed by atoms with Crippen LogP contribution in [-0.4, -0.2) is 62.7 Å². The highest BCUT2D eigenvalue weighted by atomic mass is 35.5. The molecule has 0 bridgehead atoms. The van der Waals surface area contributed by atoms with Crippen LogP contribution < -0.4 is 4.74 Å². The van der Waals surface area contributed by atoms with Crippen LogP contribution in [-0.2, 0) is 4.74 Å². The monoisotopic (exact) mass is 329 g/mol. The zero-order chi connectivity index (χ0) is 15.9. The molecule has 0 aliphatic carbocycles. The van der Waals surface area contributed by atoms with Crippen molar-refractivity contribution in [2.45, 2.75) is 30.7 Å². The number of fused-ring (bicyclic) bond motifs is 1. The summed E-state index contributed by atoms with van der Waals surface area (Å²) in [5.74, 6) is 0.285. The van der Waals surface area contributed by atoms with Gasteiger partial charge < -0.3 is 34.9 Å². The average Bonchev–Trinajstić information content (AvgIpc) is 2.92. The molecule has 1 aromatic heterocycles. The summed E-state index contributed by atoms with van der Waals surface area (Å²) in [6.07, 6.45) is -6.61. The number of H-pyrrole nitrogens is 1. The Hall–Kier alpha value is -1.35. The molecule has 1 aliphatic heterocycles. The van der Waals surface area contributed by atoms with Crippen molar-refractivity contribution in [3.8, 4) is 5.88 Å². The zero-order valence-electron chi connectivity index (χ0n) is 11.4. The number of halogens is 1. The molecule has 0 amide bonds. The van der Waals surface area contributed by atoms with Crippen LogP contribution in [0.2, 0.25) is 5.02 Å². The number of aliphatic hydroxyl groups is 4. The summed E-state index contributed by atoms with van der Waals surface area (Å²) in [5, 5.41) is 39.8.